The van der Waals surface area contributed by atoms with Crippen LogP contribution < -0.4 is 5.32 Å². The van der Waals surface area contributed by atoms with E-state index in [-0.39, 0.29) is 4.99 Å². The number of esters is 1. The molecule has 0 aromatic heterocycles. The van der Waals surface area contributed by atoms with Gasteiger partial charge in [0, 0.05) is 5.69 Å². The van der Waals surface area contributed by atoms with Crippen molar-refractivity contribution in [2.75, 3.05) is 12.4 Å². The molecule has 0 aliphatic rings. The molecule has 0 bridgehead atoms. The van der Waals surface area contributed by atoms with Gasteiger partial charge in [-0.1, -0.05) is 30.4 Å². The maximum Gasteiger partial charge on any atom is 0.330 e. The molecule has 0 saturated heterocycles. The third-order valence-corrected chi connectivity index (χ3v) is 2.21. The van der Waals surface area contributed by atoms with Crippen LogP contribution in [0.2, 0.25) is 0 Å². The molecule has 0 aliphatic carbocycles. The molecule has 1 atom stereocenters. The predicted molar refractivity (Wildman–Crippen MR) is 63.8 cm³/mol. The lowest BCUT2D eigenvalue weighted by molar-refractivity contribution is -0.141. The summed E-state index contributed by atoms with van der Waals surface area (Å²) in [5.41, 5.74) is 0.733. The van der Waals surface area contributed by atoms with Crippen LogP contribution >= 0.6 is 12.2 Å². The van der Waals surface area contributed by atoms with Gasteiger partial charge >= 0.3 is 5.97 Å². The molecule has 0 amide bonds. The highest BCUT2D eigenvalue weighted by Crippen LogP contribution is 2.09. The smallest absolute Gasteiger partial charge is 0.330 e. The maximum absolute atomic E-state index is 11.2. The number of thiocarbonyl (C=S) groups is 1. The minimum absolute atomic E-state index is 0.139. The summed E-state index contributed by atoms with van der Waals surface area (Å²) in [6.07, 6.45) is 0. The zero-order chi connectivity index (χ0) is 12.0. The first-order chi connectivity index (χ1) is 7.69. The first-order valence-corrected chi connectivity index (χ1v) is 4.93. The third-order valence-electron chi connectivity index (χ3n) is 1.87. The lowest BCUT2D eigenvalue weighted by Crippen LogP contribution is -2.27. The van der Waals surface area contributed by atoms with Gasteiger partial charge in [-0.2, -0.15) is 5.26 Å². The number of hydrogen-bond donors (Lipinski definition) is 1. The van der Waals surface area contributed by atoms with Gasteiger partial charge in [0.05, 0.1) is 13.2 Å². The monoisotopic (exact) mass is 234 g/mol. The fourth-order valence-electron chi connectivity index (χ4n) is 1.07. The zero-order valence-corrected chi connectivity index (χ0v) is 9.45. The summed E-state index contributed by atoms with van der Waals surface area (Å²) in [6.45, 7) is 0. The minimum Gasteiger partial charge on any atom is -0.468 e. The summed E-state index contributed by atoms with van der Waals surface area (Å²) in [6, 6.07) is 10.9. The average Bonchev–Trinajstić information content (AvgIpc) is 2.31. The molecule has 1 aromatic carbocycles. The van der Waals surface area contributed by atoms with Crippen molar-refractivity contribution < 1.29 is 9.53 Å². The Labute approximate surface area is 98.8 Å². The molecule has 4 nitrogen and oxygen atoms in total. The van der Waals surface area contributed by atoms with Crippen molar-refractivity contribution in [3.8, 4) is 6.07 Å². The van der Waals surface area contributed by atoms with Crippen LogP contribution in [0.5, 0.6) is 0 Å². The molecule has 1 N–H and O–H groups in total. The summed E-state index contributed by atoms with van der Waals surface area (Å²) < 4.78 is 4.47. The van der Waals surface area contributed by atoms with Crippen molar-refractivity contribution in [3.05, 3.63) is 30.3 Å². The maximum atomic E-state index is 11.2. The molecule has 82 valence electrons. The van der Waals surface area contributed by atoms with Crippen molar-refractivity contribution in [1.82, 2.24) is 0 Å². The Bertz CT molecular complexity index is 425. The van der Waals surface area contributed by atoms with Crippen LogP contribution in [-0.2, 0) is 9.53 Å². The van der Waals surface area contributed by atoms with Gasteiger partial charge in [0.25, 0.3) is 0 Å². The van der Waals surface area contributed by atoms with E-state index in [1.165, 1.54) is 7.11 Å². The molecule has 0 unspecified atom stereocenters. The number of hydrogen-bond acceptors (Lipinski definition) is 4. The minimum atomic E-state index is -1.07. The topological polar surface area (TPSA) is 62.1 Å². The van der Waals surface area contributed by atoms with Gasteiger partial charge in [-0.3, -0.25) is 4.79 Å². The van der Waals surface area contributed by atoms with Crippen LogP contribution in [0.1, 0.15) is 0 Å². The van der Waals surface area contributed by atoms with Gasteiger partial charge in [0.15, 0.2) is 5.92 Å². The van der Waals surface area contributed by atoms with E-state index in [0.717, 1.165) is 5.69 Å². The molecule has 0 heterocycles. The number of methoxy groups -OCH3 is 1. The van der Waals surface area contributed by atoms with E-state index in [4.69, 9.17) is 17.5 Å². The predicted octanol–water partition coefficient (Wildman–Crippen LogP) is 1.74. The van der Waals surface area contributed by atoms with Crippen LogP contribution in [0.4, 0.5) is 5.69 Å². The van der Waals surface area contributed by atoms with Gasteiger partial charge in [0.1, 0.15) is 4.99 Å². The van der Waals surface area contributed by atoms with E-state index in [1.54, 1.807) is 18.2 Å². The second-order valence-corrected chi connectivity index (χ2v) is 3.38. The van der Waals surface area contributed by atoms with Crippen molar-refractivity contribution in [2.45, 2.75) is 0 Å². The molecule has 0 spiro atoms. The molecular formula is C11H10N2O2S. The number of nitrogens with zero attached hydrogens (tertiary/aromatic N) is 1. The molecule has 1 aromatic rings. The Morgan fingerprint density at radius 3 is 2.62 bits per heavy atom. The number of benzene rings is 1. The van der Waals surface area contributed by atoms with Crippen molar-refractivity contribution in [1.29, 1.82) is 5.26 Å². The van der Waals surface area contributed by atoms with Gasteiger partial charge in [-0.25, -0.2) is 0 Å². The first kappa shape index (κ1) is 12.1. The van der Waals surface area contributed by atoms with E-state index in [0.29, 0.717) is 0 Å². The standard InChI is InChI=1S/C11H10N2O2S/c1-15-11(14)9(7-12)10(16)13-8-5-3-2-4-6-8/h2-6,9H,1H3,(H,13,16)/t9-/m1/s1. The second kappa shape index (κ2) is 5.83. The lowest BCUT2D eigenvalue weighted by Gasteiger charge is -2.10. The number of rotatable bonds is 3. The number of carbonyl (C=O) groups excluding carboxylic acids is 1. The lowest BCUT2D eigenvalue weighted by atomic mass is 10.1. The van der Waals surface area contributed by atoms with Crippen molar-refractivity contribution >= 4 is 28.9 Å². The van der Waals surface area contributed by atoms with Crippen LogP contribution in [-0.4, -0.2) is 18.1 Å². The van der Waals surface area contributed by atoms with E-state index < -0.39 is 11.9 Å². The summed E-state index contributed by atoms with van der Waals surface area (Å²) >= 11 is 4.96. The summed E-state index contributed by atoms with van der Waals surface area (Å²) in [4.78, 5) is 11.3. The molecule has 0 saturated carbocycles. The molecule has 0 radical (unpaired) electrons. The molecule has 5 heteroatoms. The molecule has 0 aliphatic heterocycles. The Hall–Kier alpha value is -1.93. The van der Waals surface area contributed by atoms with E-state index in [9.17, 15) is 4.79 Å². The van der Waals surface area contributed by atoms with Gasteiger partial charge < -0.3 is 10.1 Å². The summed E-state index contributed by atoms with van der Waals surface area (Å²) in [5, 5.41) is 11.6. The largest absolute Gasteiger partial charge is 0.468 e. The third kappa shape index (κ3) is 3.04. The number of carbonyl (C=O) groups is 1. The average molecular weight is 234 g/mol. The first-order valence-electron chi connectivity index (χ1n) is 4.52. The molecule has 16 heavy (non-hydrogen) atoms. The number of ether oxygens (including phenoxy) is 1. The molecule has 1 rings (SSSR count). The van der Waals surface area contributed by atoms with E-state index in [2.05, 4.69) is 10.1 Å². The van der Waals surface area contributed by atoms with E-state index >= 15 is 0 Å². The fraction of sp³-hybridized carbons (Fsp3) is 0.182. The second-order valence-electron chi connectivity index (χ2n) is 2.94. The fourth-order valence-corrected chi connectivity index (χ4v) is 1.34. The summed E-state index contributed by atoms with van der Waals surface area (Å²) in [7, 11) is 1.22. The highest BCUT2D eigenvalue weighted by molar-refractivity contribution is 7.80. The SMILES string of the molecule is COC(=O)[C@H](C#N)C(=S)Nc1ccccc1. The van der Waals surface area contributed by atoms with Crippen molar-refractivity contribution in [2.24, 2.45) is 5.92 Å². The van der Waals surface area contributed by atoms with Crippen LogP contribution in [0.25, 0.3) is 0 Å². The van der Waals surface area contributed by atoms with Gasteiger partial charge in [-0.15, -0.1) is 0 Å². The highest BCUT2D eigenvalue weighted by atomic mass is 32.1. The number of para-hydroxylation sites is 1. The number of nitriles is 1. The number of anilines is 1. The van der Waals surface area contributed by atoms with Gasteiger partial charge in [0.2, 0.25) is 0 Å². The Morgan fingerprint density at radius 1 is 1.50 bits per heavy atom. The quantitative estimate of drug-likeness (QED) is 0.637. The highest BCUT2D eigenvalue weighted by Gasteiger charge is 2.23. The van der Waals surface area contributed by atoms with Crippen LogP contribution in [0, 0.1) is 17.2 Å². The zero-order valence-electron chi connectivity index (χ0n) is 8.64. The normalized spacial score (nSPS) is 11.0. The molecular weight excluding hydrogens is 224 g/mol. The van der Waals surface area contributed by atoms with Crippen LogP contribution in [0.3, 0.4) is 0 Å². The van der Waals surface area contributed by atoms with Gasteiger partial charge in [-0.05, 0) is 12.1 Å². The van der Waals surface area contributed by atoms with Crippen LogP contribution in [0.15, 0.2) is 30.3 Å². The Kier molecular flexibility index (Phi) is 4.42. The molecule has 0 fully saturated rings. The van der Waals surface area contributed by atoms with Crippen molar-refractivity contribution in [3.63, 3.8) is 0 Å². The number of nitrogens with one attached hydrogen (secondary N) is 1. The summed E-state index contributed by atoms with van der Waals surface area (Å²) in [5.74, 6) is -1.73. The Balaban J connectivity index is 2.72. The Morgan fingerprint density at radius 2 is 2.12 bits per heavy atom. The van der Waals surface area contributed by atoms with E-state index in [1.807, 2.05) is 18.2 Å².